The number of aromatic amines is 1. The van der Waals surface area contributed by atoms with Crippen molar-refractivity contribution >= 4 is 28.8 Å². The van der Waals surface area contributed by atoms with Gasteiger partial charge in [0, 0.05) is 12.6 Å². The molecule has 2 N–H and O–H groups in total. The van der Waals surface area contributed by atoms with Crippen LogP contribution in [0.1, 0.15) is 33.4 Å². The smallest absolute Gasteiger partial charge is 0.254 e. The molecule has 3 aromatic carbocycles. The number of imidazole rings is 1. The zero-order valence-electron chi connectivity index (χ0n) is 17.7. The van der Waals surface area contributed by atoms with Crippen LogP contribution < -0.4 is 14.8 Å². The van der Waals surface area contributed by atoms with Crippen molar-refractivity contribution < 1.29 is 19.1 Å². The van der Waals surface area contributed by atoms with E-state index in [0.717, 1.165) is 16.6 Å². The molecule has 0 unspecified atom stereocenters. The Bertz CT molecular complexity index is 1380. The summed E-state index contributed by atoms with van der Waals surface area (Å²) in [6.07, 6.45) is 0. The van der Waals surface area contributed by atoms with Gasteiger partial charge in [0.25, 0.3) is 5.91 Å². The minimum absolute atomic E-state index is 0.138. The molecule has 8 nitrogen and oxygen atoms in total. The van der Waals surface area contributed by atoms with Gasteiger partial charge in [-0.1, -0.05) is 36.4 Å². The van der Waals surface area contributed by atoms with Crippen molar-refractivity contribution in [3.63, 3.8) is 0 Å². The molecule has 4 aromatic rings. The number of para-hydroxylation sites is 2. The second kappa shape index (κ2) is 7.37. The fourth-order valence-corrected chi connectivity index (χ4v) is 4.68. The van der Waals surface area contributed by atoms with Crippen molar-refractivity contribution in [2.75, 3.05) is 19.2 Å². The first-order chi connectivity index (χ1) is 16.1. The third-order valence-electron chi connectivity index (χ3n) is 6.23. The molecule has 0 saturated carbocycles. The number of hydrogen-bond donors (Lipinski definition) is 2. The van der Waals surface area contributed by atoms with Crippen LogP contribution in [0.2, 0.25) is 0 Å². The van der Waals surface area contributed by atoms with Crippen molar-refractivity contribution in [3.8, 4) is 11.5 Å². The quantitative estimate of drug-likeness (QED) is 0.505. The van der Waals surface area contributed by atoms with Gasteiger partial charge in [0.2, 0.25) is 18.6 Å². The summed E-state index contributed by atoms with van der Waals surface area (Å²) < 4.78 is 11.0. The van der Waals surface area contributed by atoms with Crippen LogP contribution in [0.15, 0.2) is 66.7 Å². The van der Waals surface area contributed by atoms with Gasteiger partial charge < -0.3 is 19.4 Å². The molecule has 8 heteroatoms. The second-order valence-corrected chi connectivity index (χ2v) is 8.13. The molecule has 1 aromatic heterocycles. The predicted octanol–water partition coefficient (Wildman–Crippen LogP) is 3.84. The van der Waals surface area contributed by atoms with E-state index >= 15 is 0 Å². The van der Waals surface area contributed by atoms with Crippen LogP contribution in [0.4, 0.5) is 5.95 Å². The van der Waals surface area contributed by atoms with E-state index in [1.165, 1.54) is 0 Å². The lowest BCUT2D eigenvalue weighted by Crippen LogP contribution is -2.44. The van der Waals surface area contributed by atoms with Crippen molar-refractivity contribution in [3.05, 3.63) is 83.4 Å². The number of carbonyl (C=O) groups excluding carboxylic acids is 2. The molecule has 2 atom stereocenters. The van der Waals surface area contributed by atoms with E-state index in [1.54, 1.807) is 24.1 Å². The summed E-state index contributed by atoms with van der Waals surface area (Å²) in [6, 6.07) is 19.8. The van der Waals surface area contributed by atoms with Crippen LogP contribution >= 0.6 is 0 Å². The number of fused-ring (bicyclic) bond motifs is 3. The molecular weight excluding hydrogens is 420 g/mol. The SMILES string of the molecule is CN1C(=O)c2ccccc2[C@@H](C(=O)Nc2nc3ccccc3[nH]2)[C@H]1c1ccc2c(c1)OCO2. The Kier molecular flexibility index (Phi) is 4.33. The molecule has 0 spiro atoms. The molecule has 3 heterocycles. The Morgan fingerprint density at radius 1 is 1.06 bits per heavy atom. The van der Waals surface area contributed by atoms with Crippen LogP contribution in [-0.4, -0.2) is 40.5 Å². The molecule has 2 aliphatic rings. The van der Waals surface area contributed by atoms with Gasteiger partial charge in [0.1, 0.15) is 0 Å². The number of benzene rings is 3. The van der Waals surface area contributed by atoms with Crippen LogP contribution in [0.25, 0.3) is 11.0 Å². The minimum atomic E-state index is -0.655. The Morgan fingerprint density at radius 2 is 1.85 bits per heavy atom. The lowest BCUT2D eigenvalue weighted by molar-refractivity contribution is -0.119. The Labute approximate surface area is 189 Å². The van der Waals surface area contributed by atoms with E-state index in [0.29, 0.717) is 28.6 Å². The normalized spacial score (nSPS) is 18.9. The number of rotatable bonds is 3. The van der Waals surface area contributed by atoms with Crippen LogP contribution in [0.3, 0.4) is 0 Å². The third-order valence-corrected chi connectivity index (χ3v) is 6.23. The van der Waals surface area contributed by atoms with Gasteiger partial charge in [-0.2, -0.15) is 0 Å². The lowest BCUT2D eigenvalue weighted by atomic mass is 9.79. The average Bonchev–Trinajstić information content (AvgIpc) is 3.46. The first-order valence-electron chi connectivity index (χ1n) is 10.6. The van der Waals surface area contributed by atoms with E-state index in [2.05, 4.69) is 15.3 Å². The number of nitrogens with zero attached hydrogens (tertiary/aromatic N) is 2. The van der Waals surface area contributed by atoms with E-state index in [1.807, 2.05) is 54.6 Å². The molecule has 0 saturated heterocycles. The summed E-state index contributed by atoms with van der Waals surface area (Å²) in [4.78, 5) is 36.1. The van der Waals surface area contributed by atoms with Crippen LogP contribution in [0.5, 0.6) is 11.5 Å². The summed E-state index contributed by atoms with van der Waals surface area (Å²) in [5, 5.41) is 2.93. The van der Waals surface area contributed by atoms with Gasteiger partial charge in [0.15, 0.2) is 11.5 Å². The topological polar surface area (TPSA) is 96.6 Å². The molecule has 0 fully saturated rings. The number of amides is 2. The number of ether oxygens (including phenoxy) is 2. The van der Waals surface area contributed by atoms with Gasteiger partial charge >= 0.3 is 0 Å². The van der Waals surface area contributed by atoms with Crippen LogP contribution in [0, 0.1) is 0 Å². The van der Waals surface area contributed by atoms with E-state index < -0.39 is 12.0 Å². The number of nitrogens with one attached hydrogen (secondary N) is 2. The zero-order valence-corrected chi connectivity index (χ0v) is 17.7. The molecule has 2 amide bonds. The zero-order chi connectivity index (χ0) is 22.5. The number of H-pyrrole nitrogens is 1. The van der Waals surface area contributed by atoms with Crippen molar-refractivity contribution in [2.24, 2.45) is 0 Å². The maximum atomic E-state index is 13.7. The molecule has 2 aliphatic heterocycles. The summed E-state index contributed by atoms with van der Waals surface area (Å²) in [6.45, 7) is 0.150. The molecule has 0 aliphatic carbocycles. The average molecular weight is 440 g/mol. The summed E-state index contributed by atoms with van der Waals surface area (Å²) in [5.41, 5.74) is 3.57. The first-order valence-corrected chi connectivity index (χ1v) is 10.6. The third kappa shape index (κ3) is 3.10. The molecule has 0 bridgehead atoms. The maximum absolute atomic E-state index is 13.7. The van der Waals surface area contributed by atoms with Crippen molar-refractivity contribution in [1.29, 1.82) is 0 Å². The number of hydrogen-bond acceptors (Lipinski definition) is 5. The van der Waals surface area contributed by atoms with Gasteiger partial charge in [-0.15, -0.1) is 0 Å². The number of likely N-dealkylation sites (N-methyl/N-ethyl adjacent to an activating group) is 1. The van der Waals surface area contributed by atoms with Crippen molar-refractivity contribution in [2.45, 2.75) is 12.0 Å². The Hall–Kier alpha value is -4.33. The molecule has 164 valence electrons. The number of aromatic nitrogens is 2. The van der Waals surface area contributed by atoms with E-state index in [-0.39, 0.29) is 18.6 Å². The van der Waals surface area contributed by atoms with Gasteiger partial charge in [-0.25, -0.2) is 4.98 Å². The summed E-state index contributed by atoms with van der Waals surface area (Å²) >= 11 is 0. The highest BCUT2D eigenvalue weighted by molar-refractivity contribution is 6.04. The van der Waals surface area contributed by atoms with E-state index in [4.69, 9.17) is 9.47 Å². The highest BCUT2D eigenvalue weighted by Crippen LogP contribution is 2.45. The Balaban J connectivity index is 1.44. The lowest BCUT2D eigenvalue weighted by Gasteiger charge is -2.39. The largest absolute Gasteiger partial charge is 0.454 e. The Morgan fingerprint density at radius 3 is 2.73 bits per heavy atom. The fraction of sp³-hybridized carbons (Fsp3) is 0.160. The fourth-order valence-electron chi connectivity index (χ4n) is 4.68. The highest BCUT2D eigenvalue weighted by Gasteiger charge is 2.43. The van der Waals surface area contributed by atoms with Gasteiger partial charge in [-0.3, -0.25) is 14.9 Å². The molecular formula is C25H20N4O4. The standard InChI is InChI=1S/C25H20N4O4/c1-29-22(14-10-11-19-20(12-14)33-13-32-19)21(15-6-2-3-7-16(15)24(29)31)23(30)28-25-26-17-8-4-5-9-18(17)27-25/h2-12,21-22H,13H2,1H3,(H2,26,27,28,30)/t21-,22-/m1/s1. The molecule has 6 rings (SSSR count). The maximum Gasteiger partial charge on any atom is 0.254 e. The monoisotopic (exact) mass is 440 g/mol. The van der Waals surface area contributed by atoms with Crippen molar-refractivity contribution in [1.82, 2.24) is 14.9 Å². The summed E-state index contributed by atoms with van der Waals surface area (Å²) in [7, 11) is 1.72. The molecule has 0 radical (unpaired) electrons. The minimum Gasteiger partial charge on any atom is -0.454 e. The predicted molar refractivity (Wildman–Crippen MR) is 121 cm³/mol. The number of anilines is 1. The molecule has 33 heavy (non-hydrogen) atoms. The highest BCUT2D eigenvalue weighted by atomic mass is 16.7. The number of carbonyl (C=O) groups is 2. The van der Waals surface area contributed by atoms with Gasteiger partial charge in [-0.05, 0) is 41.5 Å². The summed E-state index contributed by atoms with van der Waals surface area (Å²) in [5.74, 6) is 0.556. The van der Waals surface area contributed by atoms with Gasteiger partial charge in [0.05, 0.1) is 23.0 Å². The van der Waals surface area contributed by atoms with E-state index in [9.17, 15) is 9.59 Å². The van der Waals surface area contributed by atoms with Crippen LogP contribution in [-0.2, 0) is 4.79 Å². The second-order valence-electron chi connectivity index (χ2n) is 8.13. The first kappa shape index (κ1) is 19.4.